The monoisotopic (exact) mass is 460 g/mol. The molecule has 0 bridgehead atoms. The number of nitrogens with one attached hydrogen (secondary N) is 1. The lowest BCUT2D eigenvalue weighted by molar-refractivity contribution is -0.151. The van der Waals surface area contributed by atoms with E-state index in [0.29, 0.717) is 10.2 Å². The first-order chi connectivity index (χ1) is 13.2. The average molecular weight is 462 g/mol. The average Bonchev–Trinajstić information content (AvgIpc) is 2.91. The standard InChI is InChI=1S/C18H15Cl3N2O4S/c1-7-9(3)28-18-15(7)17(25)22-16(23-18)8(2)27-14(24)6-26-13-5-11(20)10(19)4-12(13)21/h4-5,8H,6H2,1-3H3,(H,22,23,25). The highest BCUT2D eigenvalue weighted by Crippen LogP contribution is 2.34. The third kappa shape index (κ3) is 4.27. The number of carbonyl (C=O) groups is 1. The van der Waals surface area contributed by atoms with E-state index in [1.165, 1.54) is 23.5 Å². The Kier molecular flexibility index (Phi) is 6.19. The molecule has 2 heterocycles. The Hall–Kier alpha value is -1.80. The summed E-state index contributed by atoms with van der Waals surface area (Å²) in [7, 11) is 0. The molecule has 6 nitrogen and oxygen atoms in total. The number of hydrogen-bond donors (Lipinski definition) is 1. The van der Waals surface area contributed by atoms with E-state index in [-0.39, 0.29) is 32.2 Å². The van der Waals surface area contributed by atoms with Crippen molar-refractivity contribution in [3.8, 4) is 5.75 Å². The van der Waals surface area contributed by atoms with Crippen molar-refractivity contribution in [1.82, 2.24) is 9.97 Å². The van der Waals surface area contributed by atoms with Gasteiger partial charge in [0.15, 0.2) is 18.5 Å². The van der Waals surface area contributed by atoms with Gasteiger partial charge in [-0.25, -0.2) is 9.78 Å². The molecule has 148 valence electrons. The number of carbonyl (C=O) groups excluding carboxylic acids is 1. The van der Waals surface area contributed by atoms with Crippen LogP contribution in [0.4, 0.5) is 0 Å². The summed E-state index contributed by atoms with van der Waals surface area (Å²) < 4.78 is 10.6. The number of aryl methyl sites for hydroxylation is 2. The van der Waals surface area contributed by atoms with E-state index >= 15 is 0 Å². The predicted molar refractivity (Wildman–Crippen MR) is 111 cm³/mol. The first-order valence-corrected chi connectivity index (χ1v) is 10.1. The van der Waals surface area contributed by atoms with Crippen LogP contribution in [0, 0.1) is 13.8 Å². The Morgan fingerprint density at radius 2 is 1.89 bits per heavy atom. The fraction of sp³-hybridized carbons (Fsp3) is 0.278. The second kappa shape index (κ2) is 8.29. The molecule has 0 fully saturated rings. The fourth-order valence-electron chi connectivity index (χ4n) is 2.50. The molecule has 0 amide bonds. The van der Waals surface area contributed by atoms with E-state index in [9.17, 15) is 9.59 Å². The summed E-state index contributed by atoms with van der Waals surface area (Å²) in [5, 5.41) is 1.30. The van der Waals surface area contributed by atoms with E-state index in [2.05, 4.69) is 9.97 Å². The largest absolute Gasteiger partial charge is 0.480 e. The number of thiophene rings is 1. The number of aromatic nitrogens is 2. The van der Waals surface area contributed by atoms with E-state index in [1.54, 1.807) is 6.92 Å². The molecular formula is C18H15Cl3N2O4S. The smallest absolute Gasteiger partial charge is 0.344 e. The molecule has 3 rings (SSSR count). The third-order valence-corrected chi connectivity index (χ3v) is 6.19. The number of benzene rings is 1. The van der Waals surface area contributed by atoms with E-state index in [0.717, 1.165) is 10.4 Å². The maximum atomic E-state index is 12.3. The van der Waals surface area contributed by atoms with Crippen molar-refractivity contribution in [3.63, 3.8) is 0 Å². The summed E-state index contributed by atoms with van der Waals surface area (Å²) in [6.45, 7) is 5.02. The third-order valence-electron chi connectivity index (χ3n) is 4.07. The minimum atomic E-state index is -0.764. The van der Waals surface area contributed by atoms with Gasteiger partial charge in [0.2, 0.25) is 0 Å². The second-order valence-corrected chi connectivity index (χ2v) is 8.46. The van der Waals surface area contributed by atoms with Crippen LogP contribution in [-0.2, 0) is 9.53 Å². The van der Waals surface area contributed by atoms with Crippen LogP contribution in [0.5, 0.6) is 5.75 Å². The molecule has 1 atom stereocenters. The van der Waals surface area contributed by atoms with Crippen LogP contribution in [0.25, 0.3) is 10.2 Å². The molecule has 28 heavy (non-hydrogen) atoms. The molecule has 0 saturated heterocycles. The summed E-state index contributed by atoms with van der Waals surface area (Å²) in [6, 6.07) is 2.83. The molecule has 0 spiro atoms. The molecule has 10 heteroatoms. The van der Waals surface area contributed by atoms with E-state index in [1.807, 2.05) is 13.8 Å². The highest BCUT2D eigenvalue weighted by Gasteiger charge is 2.19. The van der Waals surface area contributed by atoms with Crippen LogP contribution in [0.2, 0.25) is 15.1 Å². The summed E-state index contributed by atoms with van der Waals surface area (Å²) in [5.41, 5.74) is 0.639. The van der Waals surface area contributed by atoms with Crippen LogP contribution in [0.3, 0.4) is 0 Å². The van der Waals surface area contributed by atoms with Gasteiger partial charge in [-0.2, -0.15) is 0 Å². The maximum absolute atomic E-state index is 12.3. The fourth-order valence-corrected chi connectivity index (χ4v) is 4.13. The number of esters is 1. The van der Waals surface area contributed by atoms with Gasteiger partial charge in [-0.05, 0) is 32.4 Å². The number of H-pyrrole nitrogens is 1. The van der Waals surface area contributed by atoms with Gasteiger partial charge in [0, 0.05) is 10.9 Å². The van der Waals surface area contributed by atoms with Gasteiger partial charge < -0.3 is 14.5 Å². The van der Waals surface area contributed by atoms with E-state index < -0.39 is 18.7 Å². The Balaban J connectivity index is 1.70. The minimum Gasteiger partial charge on any atom is -0.480 e. The Bertz CT molecular complexity index is 1130. The van der Waals surface area contributed by atoms with Gasteiger partial charge in [-0.15, -0.1) is 11.3 Å². The first-order valence-electron chi connectivity index (χ1n) is 8.14. The van der Waals surface area contributed by atoms with Crippen molar-refractivity contribution in [2.75, 3.05) is 6.61 Å². The van der Waals surface area contributed by atoms with Crippen LogP contribution >= 0.6 is 46.1 Å². The predicted octanol–water partition coefficient (Wildman–Crippen LogP) is 5.24. The zero-order valence-corrected chi connectivity index (χ0v) is 18.1. The number of rotatable bonds is 5. The quantitative estimate of drug-likeness (QED) is 0.415. The lowest BCUT2D eigenvalue weighted by atomic mass is 10.2. The molecule has 0 aliphatic rings. The second-order valence-electron chi connectivity index (χ2n) is 6.03. The van der Waals surface area contributed by atoms with Crippen molar-refractivity contribution in [1.29, 1.82) is 0 Å². The first kappa shape index (κ1) is 20.9. The summed E-state index contributed by atoms with van der Waals surface area (Å²) in [4.78, 5) is 33.2. The number of hydrogen-bond acceptors (Lipinski definition) is 6. The number of fused-ring (bicyclic) bond motifs is 1. The van der Waals surface area contributed by atoms with Crippen molar-refractivity contribution in [2.24, 2.45) is 0 Å². The Labute approximate surface area is 179 Å². The summed E-state index contributed by atoms with van der Waals surface area (Å²) in [5.74, 6) is -0.186. The van der Waals surface area contributed by atoms with Gasteiger partial charge >= 0.3 is 5.97 Å². The Morgan fingerprint density at radius 3 is 2.61 bits per heavy atom. The molecule has 1 N–H and O–H groups in total. The van der Waals surface area contributed by atoms with Crippen LogP contribution in [-0.4, -0.2) is 22.5 Å². The van der Waals surface area contributed by atoms with Gasteiger partial charge in [0.1, 0.15) is 10.6 Å². The van der Waals surface area contributed by atoms with Gasteiger partial charge in [-0.1, -0.05) is 34.8 Å². The van der Waals surface area contributed by atoms with Crippen LogP contribution in [0.1, 0.15) is 29.3 Å². The number of ether oxygens (including phenoxy) is 2. The molecule has 0 saturated carbocycles. The van der Waals surface area contributed by atoms with Gasteiger partial charge in [-0.3, -0.25) is 4.79 Å². The highest BCUT2D eigenvalue weighted by atomic mass is 35.5. The van der Waals surface area contributed by atoms with Crippen LogP contribution in [0.15, 0.2) is 16.9 Å². The van der Waals surface area contributed by atoms with Crippen LogP contribution < -0.4 is 10.3 Å². The normalized spacial score (nSPS) is 12.2. The SMILES string of the molecule is Cc1sc2nc(C(C)OC(=O)COc3cc(Cl)c(Cl)cc3Cl)[nH]c(=O)c2c1C. The minimum absolute atomic E-state index is 0.207. The Morgan fingerprint density at radius 1 is 1.21 bits per heavy atom. The number of nitrogens with zero attached hydrogens (tertiary/aromatic N) is 1. The molecule has 3 aromatic rings. The number of aromatic amines is 1. The maximum Gasteiger partial charge on any atom is 0.344 e. The molecular weight excluding hydrogens is 447 g/mol. The zero-order chi connectivity index (χ0) is 20.6. The molecule has 1 aromatic carbocycles. The summed E-state index contributed by atoms with van der Waals surface area (Å²) in [6.07, 6.45) is -0.764. The van der Waals surface area contributed by atoms with Gasteiger partial charge in [0.05, 0.1) is 20.5 Å². The lowest BCUT2D eigenvalue weighted by Gasteiger charge is -2.13. The van der Waals surface area contributed by atoms with Crippen molar-refractivity contribution in [3.05, 3.63) is 53.8 Å². The number of halogens is 3. The molecule has 1 unspecified atom stereocenters. The molecule has 2 aromatic heterocycles. The van der Waals surface area contributed by atoms with E-state index in [4.69, 9.17) is 44.3 Å². The molecule has 0 aliphatic heterocycles. The summed E-state index contributed by atoms with van der Waals surface area (Å²) >= 11 is 19.2. The molecule has 0 aliphatic carbocycles. The van der Waals surface area contributed by atoms with Crippen molar-refractivity contribution in [2.45, 2.75) is 26.9 Å². The zero-order valence-electron chi connectivity index (χ0n) is 15.1. The topological polar surface area (TPSA) is 81.3 Å². The lowest BCUT2D eigenvalue weighted by Crippen LogP contribution is -2.20. The van der Waals surface area contributed by atoms with Crippen molar-refractivity contribution >= 4 is 62.3 Å². The highest BCUT2D eigenvalue weighted by molar-refractivity contribution is 7.18. The van der Waals surface area contributed by atoms with Crippen molar-refractivity contribution < 1.29 is 14.3 Å². The molecule has 0 radical (unpaired) electrons. The van der Waals surface area contributed by atoms with Gasteiger partial charge in [0.25, 0.3) is 5.56 Å².